The number of benzene rings is 2. The number of nitro benzene ring substituents is 1. The van der Waals surface area contributed by atoms with E-state index in [-0.39, 0.29) is 45.2 Å². The summed E-state index contributed by atoms with van der Waals surface area (Å²) in [6, 6.07) is 6.26. The third-order valence-corrected chi connectivity index (χ3v) is 4.52. The maximum Gasteiger partial charge on any atom is 0.416 e. The molecule has 0 saturated carbocycles. The van der Waals surface area contributed by atoms with Gasteiger partial charge in [-0.05, 0) is 30.3 Å². The molecule has 0 unspecified atom stereocenters. The predicted molar refractivity (Wildman–Crippen MR) is 97.8 cm³/mol. The number of carbonyl (C=O) groups excluding carboxylic acids is 1. The fourth-order valence-corrected chi connectivity index (χ4v) is 2.89. The van der Waals surface area contributed by atoms with Gasteiger partial charge in [0.2, 0.25) is 0 Å². The molecule has 0 spiro atoms. The van der Waals surface area contributed by atoms with E-state index in [9.17, 15) is 28.1 Å². The van der Waals surface area contributed by atoms with Crippen LogP contribution in [-0.2, 0) is 22.1 Å². The van der Waals surface area contributed by atoms with Crippen molar-refractivity contribution in [2.45, 2.75) is 12.6 Å². The summed E-state index contributed by atoms with van der Waals surface area (Å²) < 4.78 is 48.3. The molecule has 0 fully saturated rings. The molecule has 0 heterocycles. The number of alkyl halides is 3. The number of nitro groups is 1. The summed E-state index contributed by atoms with van der Waals surface area (Å²) in [7, 11) is 1.41. The van der Waals surface area contributed by atoms with Crippen molar-refractivity contribution in [3.8, 4) is 11.5 Å². The molecule has 0 bridgehead atoms. The van der Waals surface area contributed by atoms with Gasteiger partial charge in [0.25, 0.3) is 5.69 Å². The Hall–Kier alpha value is -2.30. The molecule has 0 N–H and O–H groups in total. The van der Waals surface area contributed by atoms with Gasteiger partial charge in [0.15, 0.2) is 5.12 Å². The number of carbonyl (C=O) groups is 1. The summed E-state index contributed by atoms with van der Waals surface area (Å²) in [5.74, 6) is 0.130. The van der Waals surface area contributed by atoms with Gasteiger partial charge < -0.3 is 9.47 Å². The maximum absolute atomic E-state index is 12.7. The monoisotopic (exact) mass is 435 g/mol. The van der Waals surface area contributed by atoms with Crippen LogP contribution in [-0.4, -0.2) is 23.1 Å². The van der Waals surface area contributed by atoms with Crippen LogP contribution >= 0.6 is 23.4 Å². The van der Waals surface area contributed by atoms with Crippen molar-refractivity contribution < 1.29 is 32.4 Å². The summed E-state index contributed by atoms with van der Waals surface area (Å²) >= 11 is 6.70. The van der Waals surface area contributed by atoms with Crippen LogP contribution in [0.1, 0.15) is 11.1 Å². The first-order valence-electron chi connectivity index (χ1n) is 7.58. The van der Waals surface area contributed by atoms with Gasteiger partial charge in [-0.3, -0.25) is 14.9 Å². The predicted octanol–water partition coefficient (Wildman–Crippen LogP) is 5.47. The number of halogens is 4. The van der Waals surface area contributed by atoms with Gasteiger partial charge in [0.1, 0.15) is 11.5 Å². The van der Waals surface area contributed by atoms with Crippen LogP contribution in [0.25, 0.3) is 0 Å². The van der Waals surface area contributed by atoms with Crippen LogP contribution in [0.5, 0.6) is 11.5 Å². The van der Waals surface area contributed by atoms with Gasteiger partial charge >= 0.3 is 6.18 Å². The highest BCUT2D eigenvalue weighted by molar-refractivity contribution is 8.13. The minimum atomic E-state index is -4.55. The first-order chi connectivity index (χ1) is 13.1. The van der Waals surface area contributed by atoms with Crippen molar-refractivity contribution in [3.63, 3.8) is 0 Å². The number of hydrogen-bond acceptors (Lipinski definition) is 6. The fourth-order valence-electron chi connectivity index (χ4n) is 2.16. The van der Waals surface area contributed by atoms with E-state index < -0.39 is 16.7 Å². The Labute approximate surface area is 166 Å². The average molecular weight is 436 g/mol. The number of thioether (sulfide) groups is 1. The lowest BCUT2D eigenvalue weighted by Gasteiger charge is -2.12. The molecule has 2 rings (SSSR count). The molecule has 0 aromatic heterocycles. The Kier molecular flexibility index (Phi) is 7.28. The molecule has 6 nitrogen and oxygen atoms in total. The molecule has 0 saturated heterocycles. The molecule has 0 radical (unpaired) electrons. The van der Waals surface area contributed by atoms with Crippen molar-refractivity contribution >= 4 is 34.2 Å². The molecule has 0 aliphatic rings. The smallest absolute Gasteiger partial charge is 0.416 e. The summed E-state index contributed by atoms with van der Waals surface area (Å²) in [4.78, 5) is 22.4. The normalized spacial score (nSPS) is 11.3. The van der Waals surface area contributed by atoms with Gasteiger partial charge in [0.05, 0.1) is 21.4 Å². The summed E-state index contributed by atoms with van der Waals surface area (Å²) in [5, 5.41) is 10.5. The lowest BCUT2D eigenvalue weighted by Crippen LogP contribution is -2.05. The molecule has 0 amide bonds. The Balaban J connectivity index is 2.28. The molecule has 150 valence electrons. The zero-order valence-electron chi connectivity index (χ0n) is 14.3. The molecule has 11 heteroatoms. The fraction of sp³-hybridized carbons (Fsp3) is 0.235. The van der Waals surface area contributed by atoms with Crippen LogP contribution in [0.4, 0.5) is 18.9 Å². The van der Waals surface area contributed by atoms with Gasteiger partial charge in [-0.1, -0.05) is 23.4 Å². The van der Waals surface area contributed by atoms with Crippen LogP contribution in [0.15, 0.2) is 36.4 Å². The Morgan fingerprint density at radius 1 is 1.25 bits per heavy atom. The molecule has 28 heavy (non-hydrogen) atoms. The second-order valence-electron chi connectivity index (χ2n) is 5.39. The van der Waals surface area contributed by atoms with Crippen molar-refractivity contribution in [2.24, 2.45) is 0 Å². The van der Waals surface area contributed by atoms with Crippen LogP contribution in [0.3, 0.4) is 0 Å². The number of nitrogens with zero attached hydrogens (tertiary/aromatic N) is 1. The SMILES string of the molecule is COCSC(=O)Cc1cc(Oc2ccc(C(F)(F)F)cc2Cl)ccc1[N+](=O)[O-]. The molecule has 0 atom stereocenters. The maximum atomic E-state index is 12.7. The van der Waals surface area contributed by atoms with E-state index in [1.165, 1.54) is 19.2 Å². The minimum absolute atomic E-state index is 0.0606. The third kappa shape index (κ3) is 5.85. The number of methoxy groups -OCH3 is 1. The molecule has 2 aromatic carbocycles. The lowest BCUT2D eigenvalue weighted by molar-refractivity contribution is -0.385. The largest absolute Gasteiger partial charge is 0.456 e. The van der Waals surface area contributed by atoms with E-state index >= 15 is 0 Å². The van der Waals surface area contributed by atoms with Crippen molar-refractivity contribution in [2.75, 3.05) is 13.0 Å². The summed E-state index contributed by atoms with van der Waals surface area (Å²) in [5.41, 5.74) is -1.12. The van der Waals surface area contributed by atoms with E-state index in [1.807, 2.05) is 0 Å². The van der Waals surface area contributed by atoms with Gasteiger partial charge in [-0.25, -0.2) is 0 Å². The second-order valence-corrected chi connectivity index (χ2v) is 6.78. The van der Waals surface area contributed by atoms with Crippen LogP contribution in [0, 0.1) is 10.1 Å². The zero-order chi connectivity index (χ0) is 20.9. The molecular formula is C17H13ClF3NO5S. The third-order valence-electron chi connectivity index (χ3n) is 3.41. The van der Waals surface area contributed by atoms with Crippen molar-refractivity contribution in [1.29, 1.82) is 0 Å². The minimum Gasteiger partial charge on any atom is -0.456 e. The first kappa shape index (κ1) is 22.0. The van der Waals surface area contributed by atoms with Gasteiger partial charge in [-0.15, -0.1) is 0 Å². The van der Waals surface area contributed by atoms with Crippen LogP contribution in [0.2, 0.25) is 5.02 Å². The first-order valence-corrected chi connectivity index (χ1v) is 8.94. The molecular weight excluding hydrogens is 423 g/mol. The van der Waals surface area contributed by atoms with Gasteiger partial charge in [0, 0.05) is 25.2 Å². The molecule has 0 aliphatic carbocycles. The quantitative estimate of drug-likeness (QED) is 0.326. The van der Waals surface area contributed by atoms with E-state index in [0.29, 0.717) is 6.07 Å². The number of rotatable bonds is 7. The van der Waals surface area contributed by atoms with E-state index in [1.54, 1.807) is 0 Å². The second kappa shape index (κ2) is 9.26. The Bertz CT molecular complexity index is 892. The highest BCUT2D eigenvalue weighted by Gasteiger charge is 2.31. The van der Waals surface area contributed by atoms with Crippen molar-refractivity contribution in [3.05, 3.63) is 62.7 Å². The number of hydrogen-bond donors (Lipinski definition) is 0. The van der Waals surface area contributed by atoms with E-state index in [2.05, 4.69) is 0 Å². The lowest BCUT2D eigenvalue weighted by atomic mass is 10.1. The Morgan fingerprint density at radius 2 is 1.96 bits per heavy atom. The van der Waals surface area contributed by atoms with Crippen molar-refractivity contribution in [1.82, 2.24) is 0 Å². The van der Waals surface area contributed by atoms with E-state index in [0.717, 1.165) is 30.0 Å². The van der Waals surface area contributed by atoms with Crippen LogP contribution < -0.4 is 4.74 Å². The zero-order valence-corrected chi connectivity index (χ0v) is 15.9. The molecule has 2 aromatic rings. The van der Waals surface area contributed by atoms with E-state index in [4.69, 9.17) is 21.1 Å². The summed E-state index contributed by atoms with van der Waals surface area (Å²) in [6.07, 6.45) is -4.80. The topological polar surface area (TPSA) is 78.7 Å². The summed E-state index contributed by atoms with van der Waals surface area (Å²) in [6.45, 7) is 0. The standard InChI is InChI=1S/C17H13ClF3NO5S/c1-26-9-28-16(23)7-10-6-12(3-4-14(10)22(24)25)27-15-5-2-11(8-13(15)18)17(19,20)21/h2-6,8H,7,9H2,1H3. The van der Waals surface area contributed by atoms with Gasteiger partial charge in [-0.2, -0.15) is 13.2 Å². The highest BCUT2D eigenvalue weighted by atomic mass is 35.5. The average Bonchev–Trinajstić information content (AvgIpc) is 2.60. The Morgan fingerprint density at radius 3 is 2.54 bits per heavy atom. The number of ether oxygens (including phenoxy) is 2. The highest BCUT2D eigenvalue weighted by Crippen LogP contribution is 2.37. The molecule has 0 aliphatic heterocycles.